The van der Waals surface area contributed by atoms with Gasteiger partial charge in [0.15, 0.2) is 23.3 Å². The Kier molecular flexibility index (Phi) is 6.78. The van der Waals surface area contributed by atoms with Gasteiger partial charge in [0.2, 0.25) is 5.91 Å². The van der Waals surface area contributed by atoms with Gasteiger partial charge in [-0.2, -0.15) is 0 Å². The molecule has 35 heavy (non-hydrogen) atoms. The molecule has 1 N–H and O–H groups in total. The molecule has 0 saturated carbocycles. The number of carbonyl (C=O) groups excluding carboxylic acids is 1. The number of amides is 1. The van der Waals surface area contributed by atoms with Gasteiger partial charge in [-0.1, -0.05) is 0 Å². The van der Waals surface area contributed by atoms with Crippen molar-refractivity contribution in [3.8, 4) is 11.4 Å². The molecule has 2 aromatic heterocycles. The standard InChI is InChI=1S/C26H28F3N5O/c1-5-34(25(35)15(2)18-12-20(27)22(29)21(28)13-18)14-26(4)8-7-17-11-19(16(3)32-23(17)33-26)24-30-9-6-10-31-24/h6,9-13,15H,5,7-8,14H2,1-4H3,(H,32,33)/t15-,26+/m0/s1. The van der Waals surface area contributed by atoms with Gasteiger partial charge in [0, 0.05) is 31.0 Å². The number of nitrogens with one attached hydrogen (secondary N) is 1. The van der Waals surface area contributed by atoms with Gasteiger partial charge in [0.05, 0.1) is 17.2 Å². The zero-order valence-corrected chi connectivity index (χ0v) is 20.2. The van der Waals surface area contributed by atoms with E-state index in [4.69, 9.17) is 4.98 Å². The van der Waals surface area contributed by atoms with Crippen molar-refractivity contribution in [2.24, 2.45) is 0 Å². The van der Waals surface area contributed by atoms with Crippen molar-refractivity contribution in [3.63, 3.8) is 0 Å². The molecule has 1 aliphatic heterocycles. The maximum Gasteiger partial charge on any atom is 0.229 e. The Hall–Kier alpha value is -3.49. The van der Waals surface area contributed by atoms with Crippen LogP contribution in [0.15, 0.2) is 36.7 Å². The number of rotatable bonds is 6. The molecular formula is C26H28F3N5O. The highest BCUT2D eigenvalue weighted by molar-refractivity contribution is 5.83. The zero-order chi connectivity index (χ0) is 25.3. The summed E-state index contributed by atoms with van der Waals surface area (Å²) < 4.78 is 40.8. The van der Waals surface area contributed by atoms with Crippen LogP contribution in [0, 0.1) is 24.4 Å². The topological polar surface area (TPSA) is 71.0 Å². The van der Waals surface area contributed by atoms with Gasteiger partial charge in [0.1, 0.15) is 5.82 Å². The monoisotopic (exact) mass is 483 g/mol. The molecule has 1 aromatic carbocycles. The van der Waals surface area contributed by atoms with E-state index in [-0.39, 0.29) is 11.5 Å². The minimum absolute atomic E-state index is 0.102. The van der Waals surface area contributed by atoms with Crippen LogP contribution in [0.4, 0.5) is 19.0 Å². The Bertz CT molecular complexity index is 1230. The predicted molar refractivity (Wildman–Crippen MR) is 127 cm³/mol. The minimum atomic E-state index is -1.54. The fourth-order valence-electron chi connectivity index (χ4n) is 4.50. The van der Waals surface area contributed by atoms with Crippen LogP contribution in [0.25, 0.3) is 11.4 Å². The third-order valence-electron chi connectivity index (χ3n) is 6.57. The van der Waals surface area contributed by atoms with E-state index >= 15 is 0 Å². The van der Waals surface area contributed by atoms with Crippen molar-refractivity contribution in [2.45, 2.75) is 52.0 Å². The highest BCUT2D eigenvalue weighted by Crippen LogP contribution is 2.34. The second-order valence-electron chi connectivity index (χ2n) is 9.26. The normalized spacial score (nSPS) is 17.9. The Balaban J connectivity index is 1.53. The minimum Gasteiger partial charge on any atom is -0.363 e. The quantitative estimate of drug-likeness (QED) is 0.498. The van der Waals surface area contributed by atoms with Crippen molar-refractivity contribution in [1.29, 1.82) is 0 Å². The molecule has 0 radical (unpaired) electrons. The van der Waals surface area contributed by atoms with Crippen molar-refractivity contribution < 1.29 is 18.0 Å². The lowest BCUT2D eigenvalue weighted by Gasteiger charge is -2.40. The van der Waals surface area contributed by atoms with E-state index in [9.17, 15) is 18.0 Å². The van der Waals surface area contributed by atoms with E-state index in [1.807, 2.05) is 20.8 Å². The molecule has 4 rings (SSSR count). The average Bonchev–Trinajstić information content (AvgIpc) is 2.84. The van der Waals surface area contributed by atoms with Crippen molar-refractivity contribution in [1.82, 2.24) is 19.9 Å². The lowest BCUT2D eigenvalue weighted by Crippen LogP contribution is -2.51. The number of hydrogen-bond donors (Lipinski definition) is 1. The van der Waals surface area contributed by atoms with E-state index in [1.54, 1.807) is 30.3 Å². The summed E-state index contributed by atoms with van der Waals surface area (Å²) in [6.07, 6.45) is 4.89. The Morgan fingerprint density at radius 3 is 2.46 bits per heavy atom. The molecule has 0 aliphatic carbocycles. The molecule has 0 bridgehead atoms. The maximum atomic E-state index is 13.7. The highest BCUT2D eigenvalue weighted by Gasteiger charge is 2.35. The number of halogens is 3. The number of anilines is 1. The summed E-state index contributed by atoms with van der Waals surface area (Å²) in [7, 11) is 0. The van der Waals surface area contributed by atoms with Gasteiger partial charge >= 0.3 is 0 Å². The first-order valence-corrected chi connectivity index (χ1v) is 11.6. The largest absolute Gasteiger partial charge is 0.363 e. The third kappa shape index (κ3) is 4.99. The summed E-state index contributed by atoms with van der Waals surface area (Å²) in [5.41, 5.74) is 2.37. The number of aryl methyl sites for hydroxylation is 2. The maximum absolute atomic E-state index is 13.7. The molecule has 1 aliphatic rings. The first-order valence-electron chi connectivity index (χ1n) is 11.6. The van der Waals surface area contributed by atoms with E-state index in [0.29, 0.717) is 18.9 Å². The van der Waals surface area contributed by atoms with Crippen LogP contribution in [-0.4, -0.2) is 44.4 Å². The zero-order valence-electron chi connectivity index (χ0n) is 20.2. The van der Waals surface area contributed by atoms with Gasteiger partial charge in [0.25, 0.3) is 0 Å². The predicted octanol–water partition coefficient (Wildman–Crippen LogP) is 5.03. The summed E-state index contributed by atoms with van der Waals surface area (Å²) in [4.78, 5) is 28.3. The Labute approximate surface area is 202 Å². The fraction of sp³-hybridized carbons (Fsp3) is 0.385. The number of hydrogen-bond acceptors (Lipinski definition) is 5. The number of carbonyl (C=O) groups is 1. The number of benzene rings is 1. The molecule has 0 fully saturated rings. The van der Waals surface area contributed by atoms with Crippen LogP contribution in [0.5, 0.6) is 0 Å². The van der Waals surface area contributed by atoms with E-state index < -0.39 is 28.9 Å². The molecule has 6 nitrogen and oxygen atoms in total. The van der Waals surface area contributed by atoms with Crippen LogP contribution in [0.2, 0.25) is 0 Å². The second kappa shape index (κ2) is 9.64. The number of pyridine rings is 1. The van der Waals surface area contributed by atoms with E-state index in [1.165, 1.54) is 0 Å². The molecule has 9 heteroatoms. The van der Waals surface area contributed by atoms with Crippen LogP contribution >= 0.6 is 0 Å². The van der Waals surface area contributed by atoms with Gasteiger partial charge in [-0.3, -0.25) is 4.79 Å². The number of nitrogens with zero attached hydrogens (tertiary/aromatic N) is 4. The summed E-state index contributed by atoms with van der Waals surface area (Å²) in [5, 5.41) is 3.50. The summed E-state index contributed by atoms with van der Waals surface area (Å²) in [6.45, 7) is 8.15. The highest BCUT2D eigenvalue weighted by atomic mass is 19.2. The first-order chi connectivity index (χ1) is 16.6. The average molecular weight is 484 g/mol. The van der Waals surface area contributed by atoms with Crippen LogP contribution in [0.3, 0.4) is 0 Å². The van der Waals surface area contributed by atoms with Gasteiger partial charge in [-0.25, -0.2) is 28.1 Å². The number of aromatic nitrogens is 3. The van der Waals surface area contributed by atoms with Crippen molar-refractivity contribution in [3.05, 3.63) is 70.9 Å². The van der Waals surface area contributed by atoms with E-state index in [2.05, 4.69) is 21.4 Å². The number of likely N-dealkylation sites (N-methyl/N-ethyl adjacent to an activating group) is 1. The molecule has 1 amide bonds. The molecule has 0 spiro atoms. The lowest BCUT2D eigenvalue weighted by molar-refractivity contribution is -0.133. The SMILES string of the molecule is CCN(C[C@@]1(C)CCc2cc(-c3ncccn3)c(C)nc2N1)C(=O)[C@@H](C)c1cc(F)c(F)c(F)c1. The Morgan fingerprint density at radius 1 is 1.17 bits per heavy atom. The van der Waals surface area contributed by atoms with Gasteiger partial charge < -0.3 is 10.2 Å². The van der Waals surface area contributed by atoms with Crippen LogP contribution < -0.4 is 5.32 Å². The molecule has 0 unspecified atom stereocenters. The molecule has 184 valence electrons. The number of fused-ring (bicyclic) bond motifs is 1. The van der Waals surface area contributed by atoms with Crippen LogP contribution in [-0.2, 0) is 11.2 Å². The fourth-order valence-corrected chi connectivity index (χ4v) is 4.50. The lowest BCUT2D eigenvalue weighted by atomic mass is 9.87. The third-order valence-corrected chi connectivity index (χ3v) is 6.57. The van der Waals surface area contributed by atoms with Gasteiger partial charge in [-0.05, 0) is 75.9 Å². The molecule has 3 aromatic rings. The van der Waals surface area contributed by atoms with E-state index in [0.717, 1.165) is 47.6 Å². The first kappa shape index (κ1) is 24.6. The summed E-state index contributed by atoms with van der Waals surface area (Å²) in [6, 6.07) is 5.59. The summed E-state index contributed by atoms with van der Waals surface area (Å²) >= 11 is 0. The van der Waals surface area contributed by atoms with Gasteiger partial charge in [-0.15, -0.1) is 0 Å². The molecule has 0 saturated heterocycles. The Morgan fingerprint density at radius 2 is 1.83 bits per heavy atom. The second-order valence-corrected chi connectivity index (χ2v) is 9.26. The smallest absolute Gasteiger partial charge is 0.229 e. The van der Waals surface area contributed by atoms with Crippen LogP contribution in [0.1, 0.15) is 49.9 Å². The molecule has 2 atom stereocenters. The van der Waals surface area contributed by atoms with Crippen molar-refractivity contribution in [2.75, 3.05) is 18.4 Å². The summed E-state index contributed by atoms with van der Waals surface area (Å²) in [5.74, 6) is -3.87. The van der Waals surface area contributed by atoms with Crippen molar-refractivity contribution >= 4 is 11.7 Å². The molecular weight excluding hydrogens is 455 g/mol. The molecule has 3 heterocycles.